The number of halogens is 2. The van der Waals surface area contributed by atoms with Crippen molar-refractivity contribution in [2.24, 2.45) is 5.73 Å². The Morgan fingerprint density at radius 2 is 2.21 bits per heavy atom. The highest BCUT2D eigenvalue weighted by molar-refractivity contribution is 5.81. The standard InChI is InChI=1S/C9H16F2N2O/c1-6(12)8(14)13-7-4-2-3-5-9(7,10)11/h6-7H,2-5,12H2,1H3,(H,13,14)/t6-,7?/m1/s1. The van der Waals surface area contributed by atoms with Gasteiger partial charge in [-0.3, -0.25) is 4.79 Å². The highest BCUT2D eigenvalue weighted by Gasteiger charge is 2.42. The van der Waals surface area contributed by atoms with Gasteiger partial charge in [-0.05, 0) is 19.8 Å². The van der Waals surface area contributed by atoms with Crippen LogP contribution in [-0.4, -0.2) is 23.9 Å². The molecule has 0 spiro atoms. The maximum absolute atomic E-state index is 13.2. The zero-order valence-corrected chi connectivity index (χ0v) is 8.22. The Hall–Kier alpha value is -0.710. The Labute approximate surface area is 82.0 Å². The number of carbonyl (C=O) groups excluding carboxylic acids is 1. The van der Waals surface area contributed by atoms with Crippen LogP contribution in [0.2, 0.25) is 0 Å². The number of nitrogens with two attached hydrogens (primary N) is 1. The van der Waals surface area contributed by atoms with E-state index in [0.717, 1.165) is 6.42 Å². The molecule has 3 N–H and O–H groups in total. The smallest absolute Gasteiger partial charge is 0.267 e. The third-order valence-electron chi connectivity index (χ3n) is 2.49. The zero-order chi connectivity index (χ0) is 10.8. The molecule has 2 atom stereocenters. The Morgan fingerprint density at radius 1 is 1.57 bits per heavy atom. The second-order valence-electron chi connectivity index (χ2n) is 3.86. The van der Waals surface area contributed by atoms with Gasteiger partial charge >= 0.3 is 0 Å². The summed E-state index contributed by atoms with van der Waals surface area (Å²) in [5, 5.41) is 2.29. The zero-order valence-electron chi connectivity index (χ0n) is 8.22. The van der Waals surface area contributed by atoms with E-state index in [1.807, 2.05) is 0 Å². The number of rotatable bonds is 2. The van der Waals surface area contributed by atoms with E-state index >= 15 is 0 Å². The molecule has 1 aliphatic rings. The number of hydrogen-bond acceptors (Lipinski definition) is 2. The van der Waals surface area contributed by atoms with Gasteiger partial charge in [-0.15, -0.1) is 0 Å². The molecule has 0 aliphatic heterocycles. The summed E-state index contributed by atoms with van der Waals surface area (Å²) in [4.78, 5) is 11.1. The van der Waals surface area contributed by atoms with Crippen LogP contribution in [-0.2, 0) is 4.79 Å². The lowest BCUT2D eigenvalue weighted by molar-refractivity contribution is -0.128. The van der Waals surface area contributed by atoms with Crippen molar-refractivity contribution in [2.45, 2.75) is 50.6 Å². The van der Waals surface area contributed by atoms with Gasteiger partial charge in [0.25, 0.3) is 5.92 Å². The summed E-state index contributed by atoms with van der Waals surface area (Å²) in [6.45, 7) is 1.48. The molecule has 1 aliphatic carbocycles. The highest BCUT2D eigenvalue weighted by atomic mass is 19.3. The molecule has 0 bridgehead atoms. The van der Waals surface area contributed by atoms with Gasteiger partial charge in [0.2, 0.25) is 5.91 Å². The molecule has 1 unspecified atom stereocenters. The van der Waals surface area contributed by atoms with Crippen LogP contribution in [0.1, 0.15) is 32.6 Å². The fraction of sp³-hybridized carbons (Fsp3) is 0.889. The average molecular weight is 206 g/mol. The van der Waals surface area contributed by atoms with Crippen molar-refractivity contribution in [2.75, 3.05) is 0 Å². The van der Waals surface area contributed by atoms with Crippen LogP contribution in [0.3, 0.4) is 0 Å². The molecule has 1 fully saturated rings. The molecule has 1 rings (SSSR count). The van der Waals surface area contributed by atoms with Gasteiger partial charge < -0.3 is 11.1 Å². The van der Waals surface area contributed by atoms with E-state index in [1.54, 1.807) is 0 Å². The van der Waals surface area contributed by atoms with Crippen molar-refractivity contribution in [1.29, 1.82) is 0 Å². The summed E-state index contributed by atoms with van der Waals surface area (Å²) in [6.07, 6.45) is 1.46. The average Bonchev–Trinajstić information content (AvgIpc) is 2.08. The fourth-order valence-electron chi connectivity index (χ4n) is 1.58. The maximum Gasteiger partial charge on any atom is 0.267 e. The van der Waals surface area contributed by atoms with Gasteiger partial charge in [0, 0.05) is 6.42 Å². The summed E-state index contributed by atoms with van der Waals surface area (Å²) in [5.41, 5.74) is 5.28. The van der Waals surface area contributed by atoms with E-state index in [4.69, 9.17) is 5.73 Å². The fourth-order valence-corrected chi connectivity index (χ4v) is 1.58. The van der Waals surface area contributed by atoms with Gasteiger partial charge in [0.1, 0.15) is 0 Å². The Balaban J connectivity index is 2.54. The van der Waals surface area contributed by atoms with Crippen LogP contribution >= 0.6 is 0 Å². The van der Waals surface area contributed by atoms with Crippen molar-refractivity contribution in [3.05, 3.63) is 0 Å². The number of nitrogens with one attached hydrogen (secondary N) is 1. The monoisotopic (exact) mass is 206 g/mol. The minimum Gasteiger partial charge on any atom is -0.346 e. The second-order valence-corrected chi connectivity index (χ2v) is 3.86. The Kier molecular flexibility index (Phi) is 3.42. The molecular formula is C9H16F2N2O. The molecule has 3 nitrogen and oxygen atoms in total. The lowest BCUT2D eigenvalue weighted by atomic mass is 9.91. The van der Waals surface area contributed by atoms with Crippen molar-refractivity contribution >= 4 is 5.91 Å². The molecule has 14 heavy (non-hydrogen) atoms. The lowest BCUT2D eigenvalue weighted by Crippen LogP contribution is -2.53. The highest BCUT2D eigenvalue weighted by Crippen LogP contribution is 2.33. The molecule has 0 saturated heterocycles. The van der Waals surface area contributed by atoms with E-state index in [-0.39, 0.29) is 6.42 Å². The van der Waals surface area contributed by atoms with E-state index in [9.17, 15) is 13.6 Å². The van der Waals surface area contributed by atoms with Crippen molar-refractivity contribution in [3.63, 3.8) is 0 Å². The summed E-state index contributed by atoms with van der Waals surface area (Å²) in [7, 11) is 0. The van der Waals surface area contributed by atoms with E-state index in [0.29, 0.717) is 12.8 Å². The molecule has 5 heteroatoms. The minimum absolute atomic E-state index is 0.142. The predicted molar refractivity (Wildman–Crippen MR) is 49.0 cm³/mol. The number of carbonyl (C=O) groups is 1. The predicted octanol–water partition coefficient (Wildman–Crippen LogP) is 1.03. The summed E-state index contributed by atoms with van der Waals surface area (Å²) in [5.74, 6) is -3.28. The van der Waals surface area contributed by atoms with Gasteiger partial charge in [0.15, 0.2) is 0 Å². The first-order valence-electron chi connectivity index (χ1n) is 4.87. The maximum atomic E-state index is 13.2. The van der Waals surface area contributed by atoms with Crippen LogP contribution in [0.5, 0.6) is 0 Å². The molecule has 0 aromatic rings. The van der Waals surface area contributed by atoms with E-state index < -0.39 is 23.9 Å². The summed E-state index contributed by atoms with van der Waals surface area (Å²) in [6, 6.07) is -1.76. The van der Waals surface area contributed by atoms with Gasteiger partial charge in [0.05, 0.1) is 12.1 Å². The molecular weight excluding hydrogens is 190 g/mol. The van der Waals surface area contributed by atoms with Crippen LogP contribution in [0.4, 0.5) is 8.78 Å². The second kappa shape index (κ2) is 4.21. The summed E-state index contributed by atoms with van der Waals surface area (Å²) >= 11 is 0. The quantitative estimate of drug-likeness (QED) is 0.709. The van der Waals surface area contributed by atoms with Crippen LogP contribution in [0.25, 0.3) is 0 Å². The topological polar surface area (TPSA) is 55.1 Å². The van der Waals surface area contributed by atoms with Gasteiger partial charge in [-0.25, -0.2) is 8.78 Å². The number of alkyl halides is 2. The third kappa shape index (κ3) is 2.64. The molecule has 1 amide bonds. The first-order valence-corrected chi connectivity index (χ1v) is 4.87. The normalized spacial score (nSPS) is 28.1. The van der Waals surface area contributed by atoms with Gasteiger partial charge in [-0.2, -0.15) is 0 Å². The summed E-state index contributed by atoms with van der Waals surface area (Å²) < 4.78 is 26.5. The van der Waals surface area contributed by atoms with Crippen LogP contribution in [0, 0.1) is 0 Å². The van der Waals surface area contributed by atoms with Crippen LogP contribution < -0.4 is 11.1 Å². The minimum atomic E-state index is -2.78. The molecule has 0 aromatic heterocycles. The largest absolute Gasteiger partial charge is 0.346 e. The first kappa shape index (κ1) is 11.4. The molecule has 82 valence electrons. The number of hydrogen-bond donors (Lipinski definition) is 2. The Morgan fingerprint density at radius 3 is 2.71 bits per heavy atom. The van der Waals surface area contributed by atoms with Crippen molar-refractivity contribution in [3.8, 4) is 0 Å². The third-order valence-corrected chi connectivity index (χ3v) is 2.49. The molecule has 1 saturated carbocycles. The SMILES string of the molecule is C[C@@H](N)C(=O)NC1CCCCC1(F)F. The lowest BCUT2D eigenvalue weighted by Gasteiger charge is -2.32. The molecule has 0 radical (unpaired) electrons. The van der Waals surface area contributed by atoms with Crippen LogP contribution in [0.15, 0.2) is 0 Å². The van der Waals surface area contributed by atoms with Crippen molar-refractivity contribution < 1.29 is 13.6 Å². The Bertz CT molecular complexity index is 219. The van der Waals surface area contributed by atoms with Crippen molar-refractivity contribution in [1.82, 2.24) is 5.32 Å². The first-order chi connectivity index (χ1) is 6.43. The molecule has 0 aromatic carbocycles. The van der Waals surface area contributed by atoms with Gasteiger partial charge in [-0.1, -0.05) is 6.42 Å². The van der Waals surface area contributed by atoms with E-state index in [1.165, 1.54) is 6.92 Å². The van der Waals surface area contributed by atoms with E-state index in [2.05, 4.69) is 5.32 Å². The number of amides is 1. The molecule has 0 heterocycles.